The first-order valence-electron chi connectivity index (χ1n) is 8.14. The molecule has 4 atom stereocenters. The quantitative estimate of drug-likeness (QED) is 0.836. The largest absolute Gasteiger partial charge is 0.450 e. The van der Waals surface area contributed by atoms with Gasteiger partial charge in [0.2, 0.25) is 0 Å². The van der Waals surface area contributed by atoms with Crippen molar-refractivity contribution in [1.29, 1.82) is 0 Å². The van der Waals surface area contributed by atoms with E-state index >= 15 is 0 Å². The maximum atomic E-state index is 11.9. The number of rotatable bonds is 4. The van der Waals surface area contributed by atoms with Gasteiger partial charge >= 0.3 is 12.2 Å². The first-order chi connectivity index (χ1) is 10.3. The summed E-state index contributed by atoms with van der Waals surface area (Å²) >= 11 is 0. The Labute approximate surface area is 132 Å². The third-order valence-electron chi connectivity index (χ3n) is 5.96. The molecule has 0 aliphatic heterocycles. The second-order valence-corrected chi connectivity index (χ2v) is 7.02. The number of alkyl carbamates (subject to hydrolysis) is 2. The predicted octanol–water partition coefficient (Wildman–Crippen LogP) is 2.67. The molecule has 2 N–H and O–H groups in total. The first-order valence-corrected chi connectivity index (χ1v) is 8.14. The zero-order chi connectivity index (χ0) is 16.5. The van der Waals surface area contributed by atoms with Crippen LogP contribution in [0.5, 0.6) is 0 Å². The van der Waals surface area contributed by atoms with Crippen LogP contribution in [-0.2, 0) is 9.47 Å². The number of nitrogens with one attached hydrogen (secondary N) is 2. The van der Waals surface area contributed by atoms with E-state index in [-0.39, 0.29) is 22.9 Å². The Balaban J connectivity index is 2.21. The molecule has 2 aliphatic carbocycles. The van der Waals surface area contributed by atoms with Crippen LogP contribution in [0.4, 0.5) is 9.59 Å². The lowest BCUT2D eigenvalue weighted by atomic mass is 9.69. The molecule has 0 unspecified atom stereocenters. The van der Waals surface area contributed by atoms with E-state index in [0.717, 1.165) is 12.8 Å². The molecule has 0 heterocycles. The lowest BCUT2D eigenvalue weighted by molar-refractivity contribution is 0.0992. The summed E-state index contributed by atoms with van der Waals surface area (Å²) in [7, 11) is 0. The summed E-state index contributed by atoms with van der Waals surface area (Å²) in [6.07, 6.45) is 1.23. The summed E-state index contributed by atoms with van der Waals surface area (Å²) in [5, 5.41) is 5.93. The van der Waals surface area contributed by atoms with E-state index in [0.29, 0.717) is 19.1 Å². The fourth-order valence-corrected chi connectivity index (χ4v) is 4.42. The van der Waals surface area contributed by atoms with Gasteiger partial charge in [0.1, 0.15) is 0 Å². The Morgan fingerprint density at radius 3 is 2.14 bits per heavy atom. The number of hydrogen-bond acceptors (Lipinski definition) is 4. The van der Waals surface area contributed by atoms with Crippen molar-refractivity contribution >= 4 is 12.2 Å². The van der Waals surface area contributed by atoms with Crippen molar-refractivity contribution in [2.75, 3.05) is 13.2 Å². The summed E-state index contributed by atoms with van der Waals surface area (Å²) < 4.78 is 10.1. The third kappa shape index (κ3) is 2.52. The highest BCUT2D eigenvalue weighted by Gasteiger charge is 2.67. The first kappa shape index (κ1) is 16.9. The molecule has 6 nitrogen and oxygen atoms in total. The van der Waals surface area contributed by atoms with E-state index in [4.69, 9.17) is 9.47 Å². The van der Waals surface area contributed by atoms with Crippen molar-refractivity contribution in [3.05, 3.63) is 0 Å². The lowest BCUT2D eigenvalue weighted by Gasteiger charge is -2.40. The monoisotopic (exact) mass is 312 g/mol. The molecule has 2 saturated carbocycles. The van der Waals surface area contributed by atoms with Crippen LogP contribution in [0.15, 0.2) is 0 Å². The van der Waals surface area contributed by atoms with Gasteiger partial charge in [-0.05, 0) is 43.4 Å². The zero-order valence-electron chi connectivity index (χ0n) is 14.2. The van der Waals surface area contributed by atoms with Crippen LogP contribution in [0.3, 0.4) is 0 Å². The Morgan fingerprint density at radius 1 is 1.05 bits per heavy atom. The normalized spacial score (nSPS) is 35.0. The van der Waals surface area contributed by atoms with E-state index in [9.17, 15) is 9.59 Å². The fourth-order valence-electron chi connectivity index (χ4n) is 4.42. The molecule has 2 aliphatic rings. The van der Waals surface area contributed by atoms with Crippen molar-refractivity contribution in [3.63, 3.8) is 0 Å². The molecule has 0 aromatic carbocycles. The summed E-state index contributed by atoms with van der Waals surface area (Å²) in [5.41, 5.74) is -0.0457. The average Bonchev–Trinajstić information content (AvgIpc) is 2.73. The Kier molecular flexibility index (Phi) is 4.59. The van der Waals surface area contributed by atoms with E-state index in [1.165, 1.54) is 0 Å². The van der Waals surface area contributed by atoms with E-state index in [1.54, 1.807) is 13.8 Å². The van der Waals surface area contributed by atoms with Crippen LogP contribution >= 0.6 is 0 Å². The van der Waals surface area contributed by atoms with Crippen molar-refractivity contribution in [2.45, 2.75) is 59.5 Å². The maximum absolute atomic E-state index is 11.9. The molecule has 2 bridgehead atoms. The lowest BCUT2D eigenvalue weighted by Crippen LogP contribution is -2.57. The minimum Gasteiger partial charge on any atom is -0.450 e. The average molecular weight is 312 g/mol. The van der Waals surface area contributed by atoms with Gasteiger partial charge in [-0.2, -0.15) is 0 Å². The molecule has 6 heteroatoms. The smallest absolute Gasteiger partial charge is 0.407 e. The highest BCUT2D eigenvalue weighted by molar-refractivity contribution is 5.70. The van der Waals surface area contributed by atoms with Crippen LogP contribution < -0.4 is 10.6 Å². The number of carbonyl (C=O) groups excluding carboxylic acids is 2. The van der Waals surface area contributed by atoms with Crippen molar-refractivity contribution in [2.24, 2.45) is 16.7 Å². The predicted molar refractivity (Wildman–Crippen MR) is 82.5 cm³/mol. The van der Waals surface area contributed by atoms with E-state index in [1.807, 2.05) is 0 Å². The summed E-state index contributed by atoms with van der Waals surface area (Å²) in [5.74, 6) is 0.314. The van der Waals surface area contributed by atoms with Crippen molar-refractivity contribution in [1.82, 2.24) is 10.6 Å². The highest BCUT2D eigenvalue weighted by Crippen LogP contribution is 2.65. The summed E-state index contributed by atoms with van der Waals surface area (Å²) in [6.45, 7) is 10.9. The minimum absolute atomic E-state index is 0.0291. The van der Waals surface area contributed by atoms with Crippen molar-refractivity contribution < 1.29 is 19.1 Å². The van der Waals surface area contributed by atoms with Gasteiger partial charge in [-0.25, -0.2) is 9.59 Å². The van der Waals surface area contributed by atoms with Crippen LogP contribution in [0.2, 0.25) is 0 Å². The van der Waals surface area contributed by atoms with Crippen LogP contribution in [0.25, 0.3) is 0 Å². The van der Waals surface area contributed by atoms with Gasteiger partial charge in [-0.1, -0.05) is 20.8 Å². The van der Waals surface area contributed by atoms with Gasteiger partial charge in [0, 0.05) is 0 Å². The Morgan fingerprint density at radius 2 is 1.59 bits per heavy atom. The van der Waals surface area contributed by atoms with E-state index in [2.05, 4.69) is 31.4 Å². The van der Waals surface area contributed by atoms with Crippen molar-refractivity contribution in [3.8, 4) is 0 Å². The molecular weight excluding hydrogens is 284 g/mol. The molecule has 2 rings (SSSR count). The standard InChI is InChI=1S/C16H28N2O4/c1-6-21-13(19)17-11-10-8-9-16(5,15(10,3)4)12(11)18-14(20)22-7-2/h10-12H,6-9H2,1-5H3,(H,17,19)(H,18,20)/t10-,11-,12+,16-/m0/s1. The molecular formula is C16H28N2O4. The van der Waals surface area contributed by atoms with Gasteiger partial charge in [-0.3, -0.25) is 0 Å². The number of hydrogen-bond donors (Lipinski definition) is 2. The SMILES string of the molecule is CCOC(=O)N[C@@H]1[C@@H](NC(=O)OCC)[C@]2(C)CC[C@@H]1C2(C)C. The number of fused-ring (bicyclic) bond motifs is 2. The molecule has 0 aromatic heterocycles. The van der Waals surface area contributed by atoms with Crippen LogP contribution in [-0.4, -0.2) is 37.5 Å². The maximum Gasteiger partial charge on any atom is 0.407 e. The third-order valence-corrected chi connectivity index (χ3v) is 5.96. The van der Waals surface area contributed by atoms with Gasteiger partial charge in [0.15, 0.2) is 0 Å². The van der Waals surface area contributed by atoms with Gasteiger partial charge in [-0.15, -0.1) is 0 Å². The van der Waals surface area contributed by atoms with Gasteiger partial charge < -0.3 is 20.1 Å². The molecule has 0 saturated heterocycles. The Bertz CT molecular complexity index is 451. The number of ether oxygens (including phenoxy) is 2. The van der Waals surface area contributed by atoms with E-state index < -0.39 is 12.2 Å². The summed E-state index contributed by atoms with van der Waals surface area (Å²) in [6, 6.07) is -0.276. The summed E-state index contributed by atoms with van der Waals surface area (Å²) in [4.78, 5) is 23.8. The molecule has 22 heavy (non-hydrogen) atoms. The molecule has 2 amide bonds. The molecule has 0 aromatic rings. The Hall–Kier alpha value is -1.46. The van der Waals surface area contributed by atoms with Crippen LogP contribution in [0, 0.1) is 16.7 Å². The minimum atomic E-state index is -0.423. The van der Waals surface area contributed by atoms with Gasteiger partial charge in [0.05, 0.1) is 25.3 Å². The molecule has 0 spiro atoms. The second-order valence-electron chi connectivity index (χ2n) is 7.02. The fraction of sp³-hybridized carbons (Fsp3) is 0.875. The topological polar surface area (TPSA) is 76.7 Å². The zero-order valence-corrected chi connectivity index (χ0v) is 14.2. The highest BCUT2D eigenvalue weighted by atomic mass is 16.6. The van der Waals surface area contributed by atoms with Crippen LogP contribution in [0.1, 0.15) is 47.5 Å². The van der Waals surface area contributed by atoms with Gasteiger partial charge in [0.25, 0.3) is 0 Å². The number of amides is 2. The molecule has 126 valence electrons. The number of carbonyl (C=O) groups is 2. The second kappa shape index (κ2) is 5.97. The molecule has 0 radical (unpaired) electrons. The molecule has 2 fully saturated rings.